The van der Waals surface area contributed by atoms with Crippen LogP contribution >= 0.6 is 23.2 Å². The second-order valence-corrected chi connectivity index (χ2v) is 5.29. The van der Waals surface area contributed by atoms with Gasteiger partial charge in [0.15, 0.2) is 0 Å². The van der Waals surface area contributed by atoms with Gasteiger partial charge in [-0.15, -0.1) is 0 Å². The van der Waals surface area contributed by atoms with Crippen LogP contribution in [0.5, 0.6) is 0 Å². The molecule has 19 heavy (non-hydrogen) atoms. The maximum Gasteiger partial charge on any atom is 0.293 e. The Bertz CT molecular complexity index is 453. The van der Waals surface area contributed by atoms with Gasteiger partial charge in [0.1, 0.15) is 5.69 Å². The molecule has 1 rings (SSSR count). The monoisotopic (exact) mass is 305 g/mol. The Kier molecular flexibility index (Phi) is 6.34. The molecule has 0 spiro atoms. The second-order valence-electron chi connectivity index (χ2n) is 4.48. The first-order valence-corrected chi connectivity index (χ1v) is 6.69. The third-order valence-corrected chi connectivity index (χ3v) is 3.31. The van der Waals surface area contributed by atoms with Gasteiger partial charge in [-0.05, 0) is 39.5 Å². The molecule has 0 aliphatic carbocycles. The average Bonchev–Trinajstić information content (AvgIpc) is 2.32. The molecule has 0 aliphatic rings. The minimum Gasteiger partial charge on any atom is -0.379 e. The molecule has 0 aromatic heterocycles. The molecule has 0 radical (unpaired) electrons. The minimum absolute atomic E-state index is 0.0537. The molecule has 1 aromatic carbocycles. The number of nitro benzene ring substituents is 1. The van der Waals surface area contributed by atoms with E-state index >= 15 is 0 Å². The van der Waals surface area contributed by atoms with E-state index in [1.54, 1.807) is 0 Å². The number of hydrogen-bond acceptors (Lipinski definition) is 4. The maximum atomic E-state index is 10.9. The van der Waals surface area contributed by atoms with Crippen LogP contribution in [0.1, 0.15) is 12.8 Å². The summed E-state index contributed by atoms with van der Waals surface area (Å²) in [5.74, 6) is 0. The van der Waals surface area contributed by atoms with Crippen LogP contribution in [0.3, 0.4) is 0 Å². The van der Waals surface area contributed by atoms with Gasteiger partial charge in [-0.2, -0.15) is 0 Å². The predicted octanol–water partition coefficient (Wildman–Crippen LogP) is 3.66. The van der Waals surface area contributed by atoms with Crippen molar-refractivity contribution in [1.29, 1.82) is 0 Å². The van der Waals surface area contributed by atoms with Gasteiger partial charge in [0.2, 0.25) is 0 Å². The number of rotatable bonds is 7. The standard InChI is InChI=1S/C12H17Cl2N3O2/c1-16(2)6-4-3-5-15-11-7-9(13)10(14)8-12(11)17(18)19/h7-8,15H,3-6H2,1-2H3. The van der Waals surface area contributed by atoms with Crippen LogP contribution in [-0.4, -0.2) is 37.0 Å². The number of nitrogens with zero attached hydrogens (tertiary/aromatic N) is 2. The lowest BCUT2D eigenvalue weighted by Gasteiger charge is -2.10. The van der Waals surface area contributed by atoms with Crippen molar-refractivity contribution in [2.45, 2.75) is 12.8 Å². The fourth-order valence-corrected chi connectivity index (χ4v) is 1.93. The average molecular weight is 306 g/mol. The summed E-state index contributed by atoms with van der Waals surface area (Å²) >= 11 is 11.6. The zero-order valence-electron chi connectivity index (χ0n) is 10.9. The Balaban J connectivity index is 2.62. The largest absolute Gasteiger partial charge is 0.379 e. The van der Waals surface area contributed by atoms with Crippen molar-refractivity contribution in [1.82, 2.24) is 4.90 Å². The lowest BCUT2D eigenvalue weighted by atomic mass is 10.2. The van der Waals surface area contributed by atoms with E-state index in [9.17, 15) is 10.1 Å². The third kappa shape index (κ3) is 5.22. The first-order valence-electron chi connectivity index (χ1n) is 5.94. The van der Waals surface area contributed by atoms with Crippen LogP contribution in [0.15, 0.2) is 12.1 Å². The summed E-state index contributed by atoms with van der Waals surface area (Å²) in [5, 5.41) is 14.4. The smallest absolute Gasteiger partial charge is 0.293 e. The van der Waals surface area contributed by atoms with Crippen LogP contribution < -0.4 is 5.32 Å². The van der Waals surface area contributed by atoms with E-state index in [1.165, 1.54) is 12.1 Å². The molecular formula is C12H17Cl2N3O2. The summed E-state index contributed by atoms with van der Waals surface area (Å²) in [7, 11) is 4.02. The maximum absolute atomic E-state index is 10.9. The Morgan fingerprint density at radius 1 is 1.26 bits per heavy atom. The number of halogens is 2. The number of hydrogen-bond donors (Lipinski definition) is 1. The molecule has 0 aliphatic heterocycles. The Morgan fingerprint density at radius 2 is 1.89 bits per heavy atom. The van der Waals surface area contributed by atoms with Gasteiger partial charge in [-0.3, -0.25) is 10.1 Å². The van der Waals surface area contributed by atoms with Gasteiger partial charge >= 0.3 is 0 Å². The fraction of sp³-hybridized carbons (Fsp3) is 0.500. The topological polar surface area (TPSA) is 58.4 Å². The quantitative estimate of drug-likeness (QED) is 0.474. The Hall–Kier alpha value is -1.04. The van der Waals surface area contributed by atoms with Crippen LogP contribution in [0.2, 0.25) is 10.0 Å². The minimum atomic E-state index is -0.468. The van der Waals surface area contributed by atoms with Crippen molar-refractivity contribution in [3.8, 4) is 0 Å². The van der Waals surface area contributed by atoms with Gasteiger partial charge < -0.3 is 10.2 Å². The van der Waals surface area contributed by atoms with Gasteiger partial charge in [-0.25, -0.2) is 0 Å². The summed E-state index contributed by atoms with van der Waals surface area (Å²) in [5.41, 5.74) is 0.353. The lowest BCUT2D eigenvalue weighted by molar-refractivity contribution is -0.383. The molecule has 0 atom stereocenters. The van der Waals surface area contributed by atoms with Gasteiger partial charge in [-0.1, -0.05) is 23.2 Å². The SMILES string of the molecule is CN(C)CCCCNc1cc(Cl)c(Cl)cc1[N+](=O)[O-]. The van der Waals surface area contributed by atoms with Crippen LogP contribution in [0.25, 0.3) is 0 Å². The Labute approximate surface area is 122 Å². The molecule has 0 saturated carbocycles. The third-order valence-electron chi connectivity index (χ3n) is 2.58. The number of anilines is 1. The first-order chi connectivity index (χ1) is 8.91. The highest BCUT2D eigenvalue weighted by atomic mass is 35.5. The molecule has 5 nitrogen and oxygen atoms in total. The van der Waals surface area contributed by atoms with Crippen molar-refractivity contribution in [2.75, 3.05) is 32.5 Å². The first kappa shape index (κ1) is 16.0. The van der Waals surface area contributed by atoms with Gasteiger partial charge in [0.25, 0.3) is 5.69 Å². The number of nitro groups is 1. The van der Waals surface area contributed by atoms with Crippen LogP contribution in [0.4, 0.5) is 11.4 Å². The molecule has 7 heteroatoms. The zero-order valence-corrected chi connectivity index (χ0v) is 12.5. The van der Waals surface area contributed by atoms with Crippen LogP contribution in [0, 0.1) is 10.1 Å². The van der Waals surface area contributed by atoms with Crippen molar-refractivity contribution < 1.29 is 4.92 Å². The molecule has 0 heterocycles. The zero-order chi connectivity index (χ0) is 14.4. The van der Waals surface area contributed by atoms with E-state index in [1.807, 2.05) is 14.1 Å². The summed E-state index contributed by atoms with van der Waals surface area (Å²) in [4.78, 5) is 12.6. The van der Waals surface area contributed by atoms with Crippen molar-refractivity contribution >= 4 is 34.6 Å². The highest BCUT2D eigenvalue weighted by Crippen LogP contribution is 2.33. The van der Waals surface area contributed by atoms with E-state index in [2.05, 4.69) is 10.2 Å². The summed E-state index contributed by atoms with van der Waals surface area (Å²) in [6.45, 7) is 1.65. The van der Waals surface area contributed by atoms with Crippen LogP contribution in [-0.2, 0) is 0 Å². The van der Waals surface area contributed by atoms with E-state index in [4.69, 9.17) is 23.2 Å². The van der Waals surface area contributed by atoms with E-state index in [0.717, 1.165) is 19.4 Å². The summed E-state index contributed by atoms with van der Waals surface area (Å²) in [6, 6.07) is 2.76. The normalized spacial score (nSPS) is 10.8. The van der Waals surface area contributed by atoms with E-state index in [0.29, 0.717) is 17.3 Å². The molecule has 0 amide bonds. The lowest BCUT2D eigenvalue weighted by Crippen LogP contribution is -2.14. The Morgan fingerprint density at radius 3 is 2.47 bits per heavy atom. The molecule has 106 valence electrons. The summed E-state index contributed by atoms with van der Waals surface area (Å²) < 4.78 is 0. The second kappa shape index (κ2) is 7.53. The predicted molar refractivity (Wildman–Crippen MR) is 79.4 cm³/mol. The molecule has 0 saturated heterocycles. The number of benzene rings is 1. The molecular weight excluding hydrogens is 289 g/mol. The number of unbranched alkanes of at least 4 members (excludes halogenated alkanes) is 1. The van der Waals surface area contributed by atoms with Crippen molar-refractivity contribution in [2.24, 2.45) is 0 Å². The van der Waals surface area contributed by atoms with Gasteiger partial charge in [0.05, 0.1) is 15.0 Å². The fourth-order valence-electron chi connectivity index (χ4n) is 1.61. The highest BCUT2D eigenvalue weighted by Gasteiger charge is 2.16. The molecule has 1 N–H and O–H groups in total. The van der Waals surface area contributed by atoms with Gasteiger partial charge in [0, 0.05) is 12.6 Å². The molecule has 0 bridgehead atoms. The molecule has 0 unspecified atom stereocenters. The van der Waals surface area contributed by atoms with Crippen molar-refractivity contribution in [3.05, 3.63) is 32.3 Å². The summed E-state index contributed by atoms with van der Waals surface area (Å²) in [6.07, 6.45) is 1.95. The van der Waals surface area contributed by atoms with Crippen molar-refractivity contribution in [3.63, 3.8) is 0 Å². The highest BCUT2D eigenvalue weighted by molar-refractivity contribution is 6.42. The number of nitrogens with one attached hydrogen (secondary N) is 1. The molecule has 0 fully saturated rings. The van der Waals surface area contributed by atoms with E-state index in [-0.39, 0.29) is 10.7 Å². The van der Waals surface area contributed by atoms with E-state index < -0.39 is 4.92 Å². The molecule has 1 aromatic rings.